The molecule has 3 rings (SSSR count). The van der Waals surface area contributed by atoms with Crippen molar-refractivity contribution in [2.75, 3.05) is 20.3 Å². The van der Waals surface area contributed by atoms with E-state index in [1.54, 1.807) is 31.4 Å². The molecular formula is C20H17BrClN3O3. The van der Waals surface area contributed by atoms with Gasteiger partial charge in [-0.1, -0.05) is 27.5 Å². The first-order chi connectivity index (χ1) is 13.6. The van der Waals surface area contributed by atoms with Crippen molar-refractivity contribution in [2.45, 2.75) is 0 Å². The van der Waals surface area contributed by atoms with Gasteiger partial charge in [0.1, 0.15) is 12.4 Å². The van der Waals surface area contributed by atoms with Gasteiger partial charge in [0.15, 0.2) is 0 Å². The summed E-state index contributed by atoms with van der Waals surface area (Å²) in [4.78, 5) is 12.2. The van der Waals surface area contributed by atoms with Crippen LogP contribution in [0.15, 0.2) is 59.1 Å². The van der Waals surface area contributed by atoms with Gasteiger partial charge in [-0.2, -0.15) is 0 Å². The fourth-order valence-electron chi connectivity index (χ4n) is 2.40. The Morgan fingerprint density at radius 2 is 1.89 bits per heavy atom. The van der Waals surface area contributed by atoms with Crippen molar-refractivity contribution in [3.8, 4) is 22.9 Å². The molecule has 0 fully saturated rings. The number of nitrogens with one attached hydrogen (secondary N) is 1. The SMILES string of the molecule is COc1ccc(-c2ccc(OCCNC(=O)c3cc(Br)ccc3Cl)nn2)cc1. The summed E-state index contributed by atoms with van der Waals surface area (Å²) in [7, 11) is 1.62. The molecule has 2 aromatic carbocycles. The van der Waals surface area contributed by atoms with Crippen LogP contribution in [0.25, 0.3) is 11.3 Å². The third-order valence-corrected chi connectivity index (χ3v) is 4.66. The van der Waals surface area contributed by atoms with E-state index in [-0.39, 0.29) is 12.5 Å². The second-order valence-electron chi connectivity index (χ2n) is 5.71. The lowest BCUT2D eigenvalue weighted by molar-refractivity contribution is 0.0946. The molecule has 1 aromatic heterocycles. The number of hydrogen-bond acceptors (Lipinski definition) is 5. The Labute approximate surface area is 176 Å². The molecule has 0 aliphatic rings. The quantitative estimate of drug-likeness (QED) is 0.528. The van der Waals surface area contributed by atoms with Gasteiger partial charge in [-0.25, -0.2) is 0 Å². The van der Waals surface area contributed by atoms with Crippen LogP contribution in [-0.4, -0.2) is 36.4 Å². The van der Waals surface area contributed by atoms with Crippen LogP contribution < -0.4 is 14.8 Å². The first kappa shape index (κ1) is 20.1. The number of rotatable bonds is 7. The zero-order valence-corrected chi connectivity index (χ0v) is 17.3. The fraction of sp³-hybridized carbons (Fsp3) is 0.150. The van der Waals surface area contributed by atoms with Crippen LogP contribution in [0.1, 0.15) is 10.4 Å². The minimum atomic E-state index is -0.268. The van der Waals surface area contributed by atoms with Gasteiger partial charge in [-0.05, 0) is 48.5 Å². The summed E-state index contributed by atoms with van der Waals surface area (Å²) in [5.41, 5.74) is 2.06. The molecule has 8 heteroatoms. The van der Waals surface area contributed by atoms with Crippen LogP contribution in [0.4, 0.5) is 0 Å². The second-order valence-corrected chi connectivity index (χ2v) is 7.04. The van der Waals surface area contributed by atoms with Crippen molar-refractivity contribution in [3.63, 3.8) is 0 Å². The summed E-state index contributed by atoms with van der Waals surface area (Å²) in [5, 5.41) is 11.4. The molecule has 0 saturated heterocycles. The highest BCUT2D eigenvalue weighted by atomic mass is 79.9. The Morgan fingerprint density at radius 1 is 1.11 bits per heavy atom. The molecule has 0 aliphatic heterocycles. The van der Waals surface area contributed by atoms with Crippen LogP contribution in [0.2, 0.25) is 5.02 Å². The van der Waals surface area contributed by atoms with Crippen molar-refractivity contribution in [1.82, 2.24) is 15.5 Å². The maximum Gasteiger partial charge on any atom is 0.252 e. The number of halogens is 2. The molecule has 1 amide bonds. The number of aromatic nitrogens is 2. The van der Waals surface area contributed by atoms with Crippen LogP contribution >= 0.6 is 27.5 Å². The molecule has 0 saturated carbocycles. The van der Waals surface area contributed by atoms with E-state index in [4.69, 9.17) is 21.1 Å². The molecule has 3 aromatic rings. The van der Waals surface area contributed by atoms with E-state index in [9.17, 15) is 4.79 Å². The van der Waals surface area contributed by atoms with Gasteiger partial charge in [-0.15, -0.1) is 10.2 Å². The molecule has 0 radical (unpaired) electrons. The van der Waals surface area contributed by atoms with Crippen molar-refractivity contribution in [3.05, 3.63) is 69.7 Å². The molecule has 0 aliphatic carbocycles. The smallest absolute Gasteiger partial charge is 0.252 e. The average Bonchev–Trinajstić information content (AvgIpc) is 2.73. The number of benzene rings is 2. The van der Waals surface area contributed by atoms with Gasteiger partial charge in [0.2, 0.25) is 5.88 Å². The minimum absolute atomic E-state index is 0.258. The summed E-state index contributed by atoms with van der Waals surface area (Å²) in [5.74, 6) is 0.894. The molecule has 1 heterocycles. The van der Waals surface area contributed by atoms with E-state index in [1.807, 2.05) is 30.3 Å². The lowest BCUT2D eigenvalue weighted by Gasteiger charge is -2.08. The Hall–Kier alpha value is -2.64. The lowest BCUT2D eigenvalue weighted by atomic mass is 10.1. The van der Waals surface area contributed by atoms with Gasteiger partial charge in [0.25, 0.3) is 5.91 Å². The van der Waals surface area contributed by atoms with Crippen molar-refractivity contribution < 1.29 is 14.3 Å². The van der Waals surface area contributed by atoms with Crippen LogP contribution in [-0.2, 0) is 0 Å². The molecule has 6 nitrogen and oxygen atoms in total. The highest BCUT2D eigenvalue weighted by Gasteiger charge is 2.10. The van der Waals surface area contributed by atoms with Gasteiger partial charge in [0, 0.05) is 16.1 Å². The van der Waals surface area contributed by atoms with Crippen LogP contribution in [0, 0.1) is 0 Å². The summed E-state index contributed by atoms with van der Waals surface area (Å²) in [6, 6.07) is 16.2. The van der Waals surface area contributed by atoms with Crippen LogP contribution in [0.5, 0.6) is 11.6 Å². The molecule has 144 valence electrons. The molecular weight excluding hydrogens is 446 g/mol. The predicted molar refractivity (Wildman–Crippen MR) is 111 cm³/mol. The molecule has 0 spiro atoms. The zero-order chi connectivity index (χ0) is 19.9. The third-order valence-electron chi connectivity index (χ3n) is 3.84. The summed E-state index contributed by atoms with van der Waals surface area (Å²) in [6.45, 7) is 0.567. The van der Waals surface area contributed by atoms with Gasteiger partial charge < -0.3 is 14.8 Å². The van der Waals surface area contributed by atoms with Gasteiger partial charge >= 0.3 is 0 Å². The van der Waals surface area contributed by atoms with Crippen molar-refractivity contribution in [1.29, 1.82) is 0 Å². The minimum Gasteiger partial charge on any atom is -0.497 e. The zero-order valence-electron chi connectivity index (χ0n) is 15.0. The van der Waals surface area contributed by atoms with Gasteiger partial charge in [-0.3, -0.25) is 4.79 Å². The summed E-state index contributed by atoms with van der Waals surface area (Å²) in [6.07, 6.45) is 0. The van der Waals surface area contributed by atoms with Gasteiger partial charge in [0.05, 0.1) is 29.9 Å². The number of amides is 1. The third kappa shape index (κ3) is 5.21. The Morgan fingerprint density at radius 3 is 2.57 bits per heavy atom. The molecule has 0 atom stereocenters. The van der Waals surface area contributed by atoms with Crippen LogP contribution in [0.3, 0.4) is 0 Å². The largest absolute Gasteiger partial charge is 0.497 e. The summed E-state index contributed by atoms with van der Waals surface area (Å²) >= 11 is 9.37. The van der Waals surface area contributed by atoms with E-state index in [0.717, 1.165) is 21.5 Å². The molecule has 0 unspecified atom stereocenters. The standard InChI is InChI=1S/C20H17BrClN3O3/c1-27-15-5-2-13(3-6-15)18-8-9-19(25-24-18)28-11-10-23-20(26)16-12-14(21)4-7-17(16)22/h2-9,12H,10-11H2,1H3,(H,23,26). The monoisotopic (exact) mass is 461 g/mol. The number of carbonyl (C=O) groups excluding carboxylic acids is 1. The average molecular weight is 463 g/mol. The molecule has 28 heavy (non-hydrogen) atoms. The van der Waals surface area contributed by atoms with Crippen molar-refractivity contribution in [2.24, 2.45) is 0 Å². The Bertz CT molecular complexity index is 950. The van der Waals surface area contributed by atoms with Crippen molar-refractivity contribution >= 4 is 33.4 Å². The topological polar surface area (TPSA) is 73.3 Å². The number of carbonyl (C=O) groups is 1. The summed E-state index contributed by atoms with van der Waals surface area (Å²) < 4.78 is 11.4. The maximum absolute atomic E-state index is 12.2. The first-order valence-corrected chi connectivity index (χ1v) is 9.58. The Kier molecular flexibility index (Phi) is 6.84. The second kappa shape index (κ2) is 9.52. The Balaban J connectivity index is 1.49. The molecule has 1 N–H and O–H groups in total. The van der Waals surface area contributed by atoms with E-state index in [0.29, 0.717) is 23.0 Å². The first-order valence-electron chi connectivity index (χ1n) is 8.41. The fourth-order valence-corrected chi connectivity index (χ4v) is 2.96. The maximum atomic E-state index is 12.2. The number of methoxy groups -OCH3 is 1. The highest BCUT2D eigenvalue weighted by molar-refractivity contribution is 9.10. The van der Waals surface area contributed by atoms with E-state index in [1.165, 1.54) is 0 Å². The van der Waals surface area contributed by atoms with E-state index >= 15 is 0 Å². The number of hydrogen-bond donors (Lipinski definition) is 1. The highest BCUT2D eigenvalue weighted by Crippen LogP contribution is 2.22. The van der Waals surface area contributed by atoms with E-state index in [2.05, 4.69) is 31.4 Å². The number of ether oxygens (including phenoxy) is 2. The predicted octanol–water partition coefficient (Wildman–Crippen LogP) is 4.38. The van der Waals surface area contributed by atoms with E-state index < -0.39 is 0 Å². The molecule has 0 bridgehead atoms. The normalized spacial score (nSPS) is 10.4. The number of nitrogens with zero attached hydrogens (tertiary/aromatic N) is 2. The lowest BCUT2D eigenvalue weighted by Crippen LogP contribution is -2.28.